The number of rotatable bonds is 7. The second kappa shape index (κ2) is 8.26. The second-order valence-electron chi connectivity index (χ2n) is 5.79. The van der Waals surface area contributed by atoms with Crippen molar-refractivity contribution in [3.63, 3.8) is 0 Å². The quantitative estimate of drug-likeness (QED) is 0.730. The smallest absolute Gasteiger partial charge is 0.335 e. The van der Waals surface area contributed by atoms with Crippen molar-refractivity contribution in [1.29, 1.82) is 0 Å². The normalized spacial score (nSPS) is 13.1. The molecule has 0 aliphatic carbocycles. The summed E-state index contributed by atoms with van der Waals surface area (Å²) in [4.78, 5) is 23.3. The largest absolute Gasteiger partial charge is 0.478 e. The Kier molecular flexibility index (Phi) is 6.09. The minimum Gasteiger partial charge on any atom is -0.478 e. The zero-order valence-electron chi connectivity index (χ0n) is 13.5. The lowest BCUT2D eigenvalue weighted by atomic mass is 9.93. The number of carbonyl (C=O) groups excluding carboxylic acids is 1. The Morgan fingerprint density at radius 3 is 2.33 bits per heavy atom. The number of carbonyl (C=O) groups is 2. The molecule has 2 unspecified atom stereocenters. The topological polar surface area (TPSA) is 86.6 Å². The van der Waals surface area contributed by atoms with Crippen LogP contribution < -0.4 is 5.32 Å². The molecular weight excluding hydrogens is 306 g/mol. The number of aromatic carboxylic acids is 1. The summed E-state index contributed by atoms with van der Waals surface area (Å²) in [5.41, 5.74) is 1.42. The van der Waals surface area contributed by atoms with Gasteiger partial charge in [0.2, 0.25) is 0 Å². The first-order valence-electron chi connectivity index (χ1n) is 7.82. The molecule has 0 bridgehead atoms. The van der Waals surface area contributed by atoms with E-state index in [0.29, 0.717) is 18.5 Å². The molecule has 0 fully saturated rings. The molecule has 0 aromatic heterocycles. The maximum absolute atomic E-state index is 12.3. The van der Waals surface area contributed by atoms with Crippen LogP contribution in [0.4, 0.5) is 0 Å². The number of amides is 1. The van der Waals surface area contributed by atoms with Gasteiger partial charge in [0, 0.05) is 18.0 Å². The maximum Gasteiger partial charge on any atom is 0.335 e. The number of carboxylic acids is 1. The van der Waals surface area contributed by atoms with E-state index in [9.17, 15) is 14.7 Å². The fraction of sp³-hybridized carbons (Fsp3) is 0.263. The van der Waals surface area contributed by atoms with Crippen LogP contribution in [0.3, 0.4) is 0 Å². The molecule has 3 N–H and O–H groups in total. The molecule has 2 rings (SSSR count). The Morgan fingerprint density at radius 2 is 1.71 bits per heavy atom. The molecule has 126 valence electrons. The predicted octanol–water partition coefficient (Wildman–Crippen LogP) is 2.67. The zero-order chi connectivity index (χ0) is 17.5. The van der Waals surface area contributed by atoms with Crippen molar-refractivity contribution >= 4 is 11.9 Å². The van der Waals surface area contributed by atoms with Crippen molar-refractivity contribution in [3.05, 3.63) is 71.3 Å². The summed E-state index contributed by atoms with van der Waals surface area (Å²) in [6.45, 7) is 2.08. The molecule has 0 radical (unpaired) electrons. The number of benzene rings is 2. The number of hydrogen-bond acceptors (Lipinski definition) is 3. The van der Waals surface area contributed by atoms with Crippen molar-refractivity contribution in [2.75, 3.05) is 6.54 Å². The van der Waals surface area contributed by atoms with Crippen LogP contribution in [0.15, 0.2) is 54.6 Å². The Morgan fingerprint density at radius 1 is 1.04 bits per heavy atom. The SMILES string of the molecule is CC(O)CC(CNC(=O)c1cccc(C(=O)O)c1)c1ccccc1. The zero-order valence-corrected chi connectivity index (χ0v) is 13.5. The lowest BCUT2D eigenvalue weighted by molar-refractivity contribution is 0.0697. The summed E-state index contributed by atoms with van der Waals surface area (Å²) in [6.07, 6.45) is 0.0434. The second-order valence-corrected chi connectivity index (χ2v) is 5.79. The van der Waals surface area contributed by atoms with Gasteiger partial charge in [-0.1, -0.05) is 36.4 Å². The molecule has 0 saturated carbocycles. The van der Waals surface area contributed by atoms with Crippen LogP contribution in [-0.2, 0) is 0 Å². The first-order valence-corrected chi connectivity index (χ1v) is 7.82. The minimum absolute atomic E-state index is 0.0159. The molecule has 2 atom stereocenters. The van der Waals surface area contributed by atoms with Gasteiger partial charge in [0.15, 0.2) is 0 Å². The van der Waals surface area contributed by atoms with Crippen molar-refractivity contribution in [3.8, 4) is 0 Å². The Bertz CT molecular complexity index is 698. The summed E-state index contributed by atoms with van der Waals surface area (Å²) in [6, 6.07) is 15.6. The molecule has 0 spiro atoms. The van der Waals surface area contributed by atoms with E-state index in [1.54, 1.807) is 19.1 Å². The van der Waals surface area contributed by atoms with Crippen LogP contribution in [0, 0.1) is 0 Å². The van der Waals surface area contributed by atoms with Gasteiger partial charge in [0.1, 0.15) is 0 Å². The van der Waals surface area contributed by atoms with E-state index in [0.717, 1.165) is 5.56 Å². The van der Waals surface area contributed by atoms with Gasteiger partial charge >= 0.3 is 5.97 Å². The summed E-state index contributed by atoms with van der Waals surface area (Å²) in [5.74, 6) is -1.41. The molecule has 5 heteroatoms. The third kappa shape index (κ3) is 4.93. The van der Waals surface area contributed by atoms with Gasteiger partial charge in [-0.25, -0.2) is 4.79 Å². The number of nitrogens with one attached hydrogen (secondary N) is 1. The van der Waals surface area contributed by atoms with E-state index in [1.165, 1.54) is 12.1 Å². The summed E-state index contributed by atoms with van der Waals surface area (Å²) >= 11 is 0. The van der Waals surface area contributed by atoms with Crippen molar-refractivity contribution in [1.82, 2.24) is 5.32 Å². The van der Waals surface area contributed by atoms with Crippen molar-refractivity contribution < 1.29 is 19.8 Å². The average Bonchev–Trinajstić information content (AvgIpc) is 2.58. The third-order valence-electron chi connectivity index (χ3n) is 3.78. The summed E-state index contributed by atoms with van der Waals surface area (Å²) < 4.78 is 0. The van der Waals surface area contributed by atoms with E-state index in [4.69, 9.17) is 5.11 Å². The van der Waals surface area contributed by atoms with Crippen molar-refractivity contribution in [2.45, 2.75) is 25.4 Å². The third-order valence-corrected chi connectivity index (χ3v) is 3.78. The highest BCUT2D eigenvalue weighted by atomic mass is 16.4. The highest BCUT2D eigenvalue weighted by molar-refractivity contribution is 5.97. The maximum atomic E-state index is 12.3. The van der Waals surface area contributed by atoms with Gasteiger partial charge in [-0.2, -0.15) is 0 Å². The van der Waals surface area contributed by atoms with Gasteiger partial charge in [-0.3, -0.25) is 4.79 Å². The van der Waals surface area contributed by atoms with Crippen molar-refractivity contribution in [2.24, 2.45) is 0 Å². The summed E-state index contributed by atoms with van der Waals surface area (Å²) in [7, 11) is 0. The van der Waals surface area contributed by atoms with E-state index in [1.807, 2.05) is 30.3 Å². The van der Waals surface area contributed by atoms with Gasteiger partial charge < -0.3 is 15.5 Å². The molecule has 0 heterocycles. The fourth-order valence-electron chi connectivity index (χ4n) is 2.59. The van der Waals surface area contributed by atoms with Crippen LogP contribution >= 0.6 is 0 Å². The van der Waals surface area contributed by atoms with Crippen LogP contribution in [0.25, 0.3) is 0 Å². The molecule has 5 nitrogen and oxygen atoms in total. The molecule has 0 aliphatic rings. The monoisotopic (exact) mass is 327 g/mol. The molecule has 2 aromatic rings. The van der Waals surface area contributed by atoms with Crippen LogP contribution in [0.5, 0.6) is 0 Å². The molecule has 24 heavy (non-hydrogen) atoms. The van der Waals surface area contributed by atoms with E-state index < -0.39 is 12.1 Å². The summed E-state index contributed by atoms with van der Waals surface area (Å²) in [5, 5.41) is 21.5. The highest BCUT2D eigenvalue weighted by Gasteiger charge is 2.16. The number of hydrogen-bond donors (Lipinski definition) is 3. The van der Waals surface area contributed by atoms with E-state index in [-0.39, 0.29) is 17.4 Å². The molecular formula is C19H21NO4. The Hall–Kier alpha value is -2.66. The van der Waals surface area contributed by atoms with Gasteiger partial charge in [0.25, 0.3) is 5.91 Å². The Balaban J connectivity index is 2.07. The van der Waals surface area contributed by atoms with Gasteiger partial charge in [0.05, 0.1) is 11.7 Å². The van der Waals surface area contributed by atoms with Gasteiger partial charge in [-0.15, -0.1) is 0 Å². The molecule has 2 aromatic carbocycles. The standard InChI is InChI=1S/C19H21NO4/c1-13(21)10-17(14-6-3-2-4-7-14)12-20-18(22)15-8-5-9-16(11-15)19(23)24/h2-9,11,13,17,21H,10,12H2,1H3,(H,20,22)(H,23,24). The van der Waals surface area contributed by atoms with E-state index in [2.05, 4.69) is 5.32 Å². The molecule has 0 saturated heterocycles. The van der Waals surface area contributed by atoms with Crippen LogP contribution in [0.1, 0.15) is 45.5 Å². The number of carboxylic acid groups (broad SMARTS) is 1. The Labute approximate surface area is 141 Å². The van der Waals surface area contributed by atoms with Crippen LogP contribution in [0.2, 0.25) is 0 Å². The molecule has 0 aliphatic heterocycles. The van der Waals surface area contributed by atoms with Crippen LogP contribution in [-0.4, -0.2) is 34.7 Å². The predicted molar refractivity (Wildman–Crippen MR) is 91.2 cm³/mol. The first kappa shape index (κ1) is 17.7. The lowest BCUT2D eigenvalue weighted by Crippen LogP contribution is -2.29. The average molecular weight is 327 g/mol. The number of aliphatic hydroxyl groups excluding tert-OH is 1. The minimum atomic E-state index is -1.07. The molecule has 1 amide bonds. The fourth-order valence-corrected chi connectivity index (χ4v) is 2.59. The van der Waals surface area contributed by atoms with E-state index >= 15 is 0 Å². The van der Waals surface area contributed by atoms with Gasteiger partial charge in [-0.05, 0) is 37.1 Å². The number of aliphatic hydroxyl groups is 1. The first-order chi connectivity index (χ1) is 11.5. The lowest BCUT2D eigenvalue weighted by Gasteiger charge is -2.19. The highest BCUT2D eigenvalue weighted by Crippen LogP contribution is 2.20.